The molecule has 6 nitrogen and oxygen atoms in total. The number of carbonyl (C=O) groups is 1. The zero-order chi connectivity index (χ0) is 22.4. The summed E-state index contributed by atoms with van der Waals surface area (Å²) in [5.41, 5.74) is 2.48. The van der Waals surface area contributed by atoms with Gasteiger partial charge in [-0.05, 0) is 48.5 Å². The molecule has 31 heavy (non-hydrogen) atoms. The standard InChI is InChI=1S/C21H16Cl2FN3O3S/c22-15-9-11-17(12-10-15)31(29,30)27(16-5-2-1-3-6-16)14-21(28)26-25-13-18-19(23)7-4-8-20(18)24/h1-13H,14H2,(H,26,28)/b25-13-. The first-order chi connectivity index (χ1) is 14.8. The number of hydrogen-bond donors (Lipinski definition) is 1. The predicted octanol–water partition coefficient (Wildman–Crippen LogP) is 4.48. The van der Waals surface area contributed by atoms with Gasteiger partial charge in [-0.1, -0.05) is 47.5 Å². The average Bonchev–Trinajstić information content (AvgIpc) is 2.75. The second-order valence-corrected chi connectivity index (χ2v) is 8.94. The van der Waals surface area contributed by atoms with Crippen LogP contribution in [0.4, 0.5) is 10.1 Å². The minimum Gasteiger partial charge on any atom is -0.271 e. The zero-order valence-electron chi connectivity index (χ0n) is 15.9. The summed E-state index contributed by atoms with van der Waals surface area (Å²) in [5.74, 6) is -1.34. The van der Waals surface area contributed by atoms with E-state index in [2.05, 4.69) is 10.5 Å². The van der Waals surface area contributed by atoms with Crippen molar-refractivity contribution in [1.29, 1.82) is 0 Å². The predicted molar refractivity (Wildman–Crippen MR) is 120 cm³/mol. The number of nitrogens with one attached hydrogen (secondary N) is 1. The summed E-state index contributed by atoms with van der Waals surface area (Å²) >= 11 is 11.8. The molecule has 0 atom stereocenters. The Morgan fingerprint density at radius 2 is 1.68 bits per heavy atom. The Labute approximate surface area is 189 Å². The fourth-order valence-corrected chi connectivity index (χ4v) is 4.37. The zero-order valence-corrected chi connectivity index (χ0v) is 18.2. The molecule has 0 spiro atoms. The number of nitrogens with zero attached hydrogens (tertiary/aromatic N) is 2. The van der Waals surface area contributed by atoms with Crippen LogP contribution in [-0.2, 0) is 14.8 Å². The van der Waals surface area contributed by atoms with Gasteiger partial charge in [-0.15, -0.1) is 0 Å². The normalized spacial score (nSPS) is 11.5. The van der Waals surface area contributed by atoms with Gasteiger partial charge in [-0.25, -0.2) is 18.2 Å². The van der Waals surface area contributed by atoms with E-state index in [9.17, 15) is 17.6 Å². The molecule has 1 N–H and O–H groups in total. The fraction of sp³-hybridized carbons (Fsp3) is 0.0476. The van der Waals surface area contributed by atoms with Gasteiger partial charge >= 0.3 is 0 Å². The highest BCUT2D eigenvalue weighted by atomic mass is 35.5. The van der Waals surface area contributed by atoms with E-state index in [-0.39, 0.29) is 21.2 Å². The molecule has 3 rings (SSSR count). The summed E-state index contributed by atoms with van der Waals surface area (Å²) < 4.78 is 41.1. The molecule has 0 unspecified atom stereocenters. The highest BCUT2D eigenvalue weighted by Crippen LogP contribution is 2.24. The van der Waals surface area contributed by atoms with E-state index in [0.717, 1.165) is 10.5 Å². The molecule has 160 valence electrons. The van der Waals surface area contributed by atoms with E-state index in [0.29, 0.717) is 5.02 Å². The first-order valence-electron chi connectivity index (χ1n) is 8.88. The van der Waals surface area contributed by atoms with E-state index in [1.165, 1.54) is 42.5 Å². The molecule has 10 heteroatoms. The summed E-state index contributed by atoms with van der Waals surface area (Å²) in [4.78, 5) is 12.4. The molecule has 1 amide bonds. The van der Waals surface area contributed by atoms with E-state index < -0.39 is 28.3 Å². The molecule has 0 saturated heterocycles. The lowest BCUT2D eigenvalue weighted by Crippen LogP contribution is -2.39. The average molecular weight is 480 g/mol. The van der Waals surface area contributed by atoms with Gasteiger partial charge < -0.3 is 0 Å². The maximum Gasteiger partial charge on any atom is 0.264 e. The number of rotatable bonds is 7. The van der Waals surface area contributed by atoms with Crippen molar-refractivity contribution in [2.45, 2.75) is 4.90 Å². The van der Waals surface area contributed by atoms with Crippen molar-refractivity contribution in [3.8, 4) is 0 Å². The smallest absolute Gasteiger partial charge is 0.264 e. The summed E-state index contributed by atoms with van der Waals surface area (Å²) in [6, 6.07) is 17.8. The van der Waals surface area contributed by atoms with Gasteiger partial charge in [-0.2, -0.15) is 5.10 Å². The van der Waals surface area contributed by atoms with Crippen LogP contribution in [0.3, 0.4) is 0 Å². The Hall–Kier alpha value is -2.94. The molecule has 0 fully saturated rings. The maximum atomic E-state index is 13.8. The van der Waals surface area contributed by atoms with Crippen molar-refractivity contribution in [1.82, 2.24) is 5.43 Å². The number of sulfonamides is 1. The third-order valence-electron chi connectivity index (χ3n) is 4.12. The second kappa shape index (κ2) is 9.91. The molecular formula is C21H16Cl2FN3O3S. The van der Waals surface area contributed by atoms with Gasteiger partial charge in [0.15, 0.2) is 0 Å². The van der Waals surface area contributed by atoms with Crippen LogP contribution in [0.1, 0.15) is 5.56 Å². The van der Waals surface area contributed by atoms with E-state index in [1.807, 2.05) is 0 Å². The van der Waals surface area contributed by atoms with Crippen LogP contribution in [0.5, 0.6) is 0 Å². The van der Waals surface area contributed by atoms with Crippen molar-refractivity contribution in [3.05, 3.63) is 94.2 Å². The summed E-state index contributed by atoms with van der Waals surface area (Å²) in [6.45, 7) is -0.558. The highest BCUT2D eigenvalue weighted by molar-refractivity contribution is 7.92. The Morgan fingerprint density at radius 1 is 1.00 bits per heavy atom. The Bertz CT molecular complexity index is 1180. The van der Waals surface area contributed by atoms with Crippen molar-refractivity contribution < 1.29 is 17.6 Å². The molecule has 0 aliphatic heterocycles. The van der Waals surface area contributed by atoms with Gasteiger partial charge in [0, 0.05) is 10.6 Å². The molecule has 0 aromatic heterocycles. The van der Waals surface area contributed by atoms with Crippen LogP contribution in [-0.4, -0.2) is 27.1 Å². The molecule has 3 aromatic rings. The van der Waals surface area contributed by atoms with Crippen LogP contribution in [0.15, 0.2) is 82.8 Å². The highest BCUT2D eigenvalue weighted by Gasteiger charge is 2.27. The number of hydrogen-bond acceptors (Lipinski definition) is 4. The lowest BCUT2D eigenvalue weighted by molar-refractivity contribution is -0.119. The quantitative estimate of drug-likeness (QED) is 0.400. The van der Waals surface area contributed by atoms with E-state index >= 15 is 0 Å². The number of anilines is 1. The molecule has 0 heterocycles. The third kappa shape index (κ3) is 5.61. The molecular weight excluding hydrogens is 464 g/mol. The molecule has 0 saturated carbocycles. The third-order valence-corrected chi connectivity index (χ3v) is 6.49. The SMILES string of the molecule is O=C(CN(c1ccccc1)S(=O)(=O)c1ccc(Cl)cc1)N/N=C\c1c(F)cccc1Cl. The van der Waals surface area contributed by atoms with Crippen LogP contribution in [0.25, 0.3) is 0 Å². The summed E-state index contributed by atoms with van der Waals surface area (Å²) in [5, 5.41) is 4.19. The Morgan fingerprint density at radius 3 is 2.32 bits per heavy atom. The number of amides is 1. The van der Waals surface area contributed by atoms with Crippen LogP contribution < -0.4 is 9.73 Å². The van der Waals surface area contributed by atoms with Crippen molar-refractivity contribution in [2.24, 2.45) is 5.10 Å². The minimum absolute atomic E-state index is 0.00170. The van der Waals surface area contributed by atoms with Gasteiger partial charge in [-0.3, -0.25) is 9.10 Å². The van der Waals surface area contributed by atoms with Gasteiger partial charge in [0.2, 0.25) is 0 Å². The Balaban J connectivity index is 1.83. The first kappa shape index (κ1) is 22.7. The molecule has 0 bridgehead atoms. The number of carbonyl (C=O) groups excluding carboxylic acids is 1. The second-order valence-electron chi connectivity index (χ2n) is 6.23. The number of hydrazone groups is 1. The summed E-state index contributed by atoms with van der Waals surface area (Å²) in [6.07, 6.45) is 1.05. The van der Waals surface area contributed by atoms with Gasteiger partial charge in [0.1, 0.15) is 12.4 Å². The number of halogens is 3. The molecule has 0 radical (unpaired) electrons. The lowest BCUT2D eigenvalue weighted by atomic mass is 10.2. The topological polar surface area (TPSA) is 78.8 Å². The van der Waals surface area contributed by atoms with E-state index in [4.69, 9.17) is 23.2 Å². The molecule has 0 aliphatic carbocycles. The number of benzene rings is 3. The largest absolute Gasteiger partial charge is 0.271 e. The fourth-order valence-electron chi connectivity index (χ4n) is 2.61. The van der Waals surface area contributed by atoms with Crippen molar-refractivity contribution in [3.63, 3.8) is 0 Å². The van der Waals surface area contributed by atoms with Crippen molar-refractivity contribution >= 4 is 51.0 Å². The van der Waals surface area contributed by atoms with Gasteiger partial charge in [0.25, 0.3) is 15.9 Å². The Kier molecular flexibility index (Phi) is 7.27. The minimum atomic E-state index is -4.08. The van der Waals surface area contributed by atoms with E-state index in [1.54, 1.807) is 30.3 Å². The van der Waals surface area contributed by atoms with Crippen LogP contribution >= 0.6 is 23.2 Å². The monoisotopic (exact) mass is 479 g/mol. The van der Waals surface area contributed by atoms with Crippen LogP contribution in [0, 0.1) is 5.82 Å². The summed E-state index contributed by atoms with van der Waals surface area (Å²) in [7, 11) is -4.08. The lowest BCUT2D eigenvalue weighted by Gasteiger charge is -2.23. The molecule has 3 aromatic carbocycles. The van der Waals surface area contributed by atoms with Gasteiger partial charge in [0.05, 0.1) is 21.8 Å². The van der Waals surface area contributed by atoms with Crippen molar-refractivity contribution in [2.75, 3.05) is 10.8 Å². The molecule has 0 aliphatic rings. The number of para-hydroxylation sites is 1. The maximum absolute atomic E-state index is 13.8. The van der Waals surface area contributed by atoms with Crippen LogP contribution in [0.2, 0.25) is 10.0 Å². The first-order valence-corrected chi connectivity index (χ1v) is 11.1.